The first kappa shape index (κ1) is 19.8. The molecular weight excluding hydrogens is 354 g/mol. The summed E-state index contributed by atoms with van der Waals surface area (Å²) in [7, 11) is 1.70. The lowest BCUT2D eigenvalue weighted by atomic mass is 10.0. The van der Waals surface area contributed by atoms with Crippen LogP contribution in [0.3, 0.4) is 0 Å². The van der Waals surface area contributed by atoms with E-state index in [-0.39, 0.29) is 24.5 Å². The number of hydrogen-bond donors (Lipinski definition) is 2. The van der Waals surface area contributed by atoms with E-state index in [2.05, 4.69) is 18.9 Å². The van der Waals surface area contributed by atoms with E-state index in [1.54, 1.807) is 16.5 Å². The summed E-state index contributed by atoms with van der Waals surface area (Å²) in [4.78, 5) is 19.2. The number of hydrogen-bond acceptors (Lipinski definition) is 5. The van der Waals surface area contributed by atoms with Crippen molar-refractivity contribution in [3.63, 3.8) is 0 Å². The maximum absolute atomic E-state index is 12.9. The zero-order valence-electron chi connectivity index (χ0n) is 17.0. The molecule has 3 aromatic rings. The van der Waals surface area contributed by atoms with Crippen molar-refractivity contribution in [2.75, 3.05) is 19.4 Å². The van der Waals surface area contributed by atoms with Gasteiger partial charge in [0.05, 0.1) is 18.3 Å². The highest BCUT2D eigenvalue weighted by Crippen LogP contribution is 2.28. The molecule has 0 saturated carbocycles. The number of aryl methyl sites for hydroxylation is 1. The van der Waals surface area contributed by atoms with Gasteiger partial charge in [-0.2, -0.15) is 0 Å². The highest BCUT2D eigenvalue weighted by molar-refractivity contribution is 5.97. The molecule has 0 saturated heterocycles. The molecule has 28 heavy (non-hydrogen) atoms. The number of aliphatic hydroxyl groups excluding tert-OH is 1. The fourth-order valence-electron chi connectivity index (χ4n) is 3.20. The maximum atomic E-state index is 12.9. The van der Waals surface area contributed by atoms with E-state index in [1.807, 2.05) is 44.3 Å². The number of anilines is 1. The topological polar surface area (TPSA) is 96.8 Å². The van der Waals surface area contributed by atoms with Crippen LogP contribution < -0.4 is 5.73 Å². The predicted molar refractivity (Wildman–Crippen MR) is 110 cm³/mol. The number of aliphatic hydroxyl groups is 1. The van der Waals surface area contributed by atoms with Crippen LogP contribution in [0.2, 0.25) is 0 Å². The molecule has 0 spiro atoms. The quantitative estimate of drug-likeness (QED) is 0.708. The highest BCUT2D eigenvalue weighted by Gasteiger charge is 2.20. The second-order valence-electron chi connectivity index (χ2n) is 7.51. The van der Waals surface area contributed by atoms with Gasteiger partial charge in [-0.3, -0.25) is 4.79 Å². The lowest BCUT2D eigenvalue weighted by Crippen LogP contribution is -2.37. The Hall–Kier alpha value is -2.93. The molecule has 148 valence electrons. The second-order valence-corrected chi connectivity index (χ2v) is 7.51. The largest absolute Gasteiger partial charge is 0.394 e. The van der Waals surface area contributed by atoms with Crippen molar-refractivity contribution < 1.29 is 9.90 Å². The van der Waals surface area contributed by atoms with E-state index in [0.717, 1.165) is 28.0 Å². The SMILES string of the molecule is Cc1ccc(-c2ccn3nc(N)c(C(C)C)c3n2)cc1C(=O)N(C)C(C)CO. The number of carbonyl (C=O) groups is 1. The fourth-order valence-corrected chi connectivity index (χ4v) is 3.20. The minimum absolute atomic E-state index is 0.0835. The molecule has 0 fully saturated rings. The second kappa shape index (κ2) is 7.59. The molecule has 1 atom stereocenters. The van der Waals surface area contributed by atoms with Crippen molar-refractivity contribution in [3.05, 3.63) is 47.2 Å². The standard InChI is InChI=1S/C21H27N5O2/c1-12(2)18-19(22)24-26-9-8-17(23-20(18)26)15-7-6-13(3)16(10-15)21(28)25(5)14(4)11-27/h6-10,12,14,27H,11H2,1-5H3,(H2,22,24). The van der Waals surface area contributed by atoms with Crippen LogP contribution in [0.5, 0.6) is 0 Å². The van der Waals surface area contributed by atoms with E-state index in [9.17, 15) is 9.90 Å². The monoisotopic (exact) mass is 381 g/mol. The lowest BCUT2D eigenvalue weighted by molar-refractivity contribution is 0.0681. The number of amides is 1. The molecule has 2 heterocycles. The van der Waals surface area contributed by atoms with Crippen LogP contribution in [-0.2, 0) is 0 Å². The molecule has 3 rings (SSSR count). The first-order valence-corrected chi connectivity index (χ1v) is 9.38. The van der Waals surface area contributed by atoms with Gasteiger partial charge in [-0.15, -0.1) is 5.10 Å². The van der Waals surface area contributed by atoms with Crippen molar-refractivity contribution in [1.82, 2.24) is 19.5 Å². The van der Waals surface area contributed by atoms with Gasteiger partial charge < -0.3 is 15.7 Å². The molecule has 2 aromatic heterocycles. The molecule has 0 bridgehead atoms. The van der Waals surface area contributed by atoms with Crippen LogP contribution >= 0.6 is 0 Å². The zero-order valence-corrected chi connectivity index (χ0v) is 17.0. The van der Waals surface area contributed by atoms with Crippen molar-refractivity contribution >= 4 is 17.4 Å². The summed E-state index contributed by atoms with van der Waals surface area (Å²) >= 11 is 0. The number of likely N-dealkylation sites (N-methyl/N-ethyl adjacent to an activating group) is 1. The van der Waals surface area contributed by atoms with E-state index < -0.39 is 0 Å². The van der Waals surface area contributed by atoms with Gasteiger partial charge in [-0.1, -0.05) is 26.0 Å². The number of fused-ring (bicyclic) bond motifs is 1. The number of aromatic nitrogens is 3. The lowest BCUT2D eigenvalue weighted by Gasteiger charge is -2.24. The first-order chi connectivity index (χ1) is 13.2. The summed E-state index contributed by atoms with van der Waals surface area (Å²) in [6.45, 7) is 7.74. The van der Waals surface area contributed by atoms with Gasteiger partial charge in [0.25, 0.3) is 5.91 Å². The zero-order chi connectivity index (χ0) is 20.6. The molecule has 0 aliphatic rings. The molecule has 0 radical (unpaired) electrons. The summed E-state index contributed by atoms with van der Waals surface area (Å²) < 4.78 is 1.69. The minimum Gasteiger partial charge on any atom is -0.394 e. The number of carbonyl (C=O) groups excluding carboxylic acids is 1. The number of benzene rings is 1. The van der Waals surface area contributed by atoms with Crippen LogP contribution in [0.15, 0.2) is 30.5 Å². The Morgan fingerprint density at radius 3 is 2.64 bits per heavy atom. The van der Waals surface area contributed by atoms with E-state index in [4.69, 9.17) is 10.7 Å². The van der Waals surface area contributed by atoms with Gasteiger partial charge in [-0.05, 0) is 37.5 Å². The van der Waals surface area contributed by atoms with Crippen LogP contribution in [0, 0.1) is 6.92 Å². The number of rotatable bonds is 5. The van der Waals surface area contributed by atoms with Gasteiger partial charge in [0.1, 0.15) is 0 Å². The smallest absolute Gasteiger partial charge is 0.254 e. The van der Waals surface area contributed by atoms with Crippen LogP contribution in [0.4, 0.5) is 5.82 Å². The van der Waals surface area contributed by atoms with Gasteiger partial charge in [-0.25, -0.2) is 9.50 Å². The molecule has 3 N–H and O–H groups in total. The summed E-state index contributed by atoms with van der Waals surface area (Å²) in [5.41, 5.74) is 10.8. The third-order valence-electron chi connectivity index (χ3n) is 5.14. The van der Waals surface area contributed by atoms with Crippen LogP contribution in [-0.4, -0.2) is 50.2 Å². The molecule has 1 aromatic carbocycles. The molecule has 7 heteroatoms. The Labute approximate surface area is 164 Å². The van der Waals surface area contributed by atoms with E-state index in [1.165, 1.54) is 0 Å². The average Bonchev–Trinajstić information content (AvgIpc) is 3.01. The summed E-state index contributed by atoms with van der Waals surface area (Å²) in [5, 5.41) is 13.7. The first-order valence-electron chi connectivity index (χ1n) is 9.38. The van der Waals surface area contributed by atoms with Gasteiger partial charge in [0, 0.05) is 29.9 Å². The average molecular weight is 381 g/mol. The Kier molecular flexibility index (Phi) is 5.38. The van der Waals surface area contributed by atoms with Gasteiger partial charge in [0.15, 0.2) is 11.5 Å². The fraction of sp³-hybridized carbons (Fsp3) is 0.381. The molecule has 7 nitrogen and oxygen atoms in total. The van der Waals surface area contributed by atoms with Crippen LogP contribution in [0.25, 0.3) is 16.9 Å². The van der Waals surface area contributed by atoms with Crippen molar-refractivity contribution in [3.8, 4) is 11.3 Å². The third kappa shape index (κ3) is 3.45. The molecule has 0 aliphatic heterocycles. The predicted octanol–water partition coefficient (Wildman–Crippen LogP) is 2.86. The van der Waals surface area contributed by atoms with Crippen molar-refractivity contribution in [2.45, 2.75) is 39.7 Å². The summed E-state index contributed by atoms with van der Waals surface area (Å²) in [5.74, 6) is 0.557. The van der Waals surface area contributed by atoms with Crippen molar-refractivity contribution in [1.29, 1.82) is 0 Å². The number of nitrogens with two attached hydrogens (primary N) is 1. The molecule has 1 amide bonds. The summed E-state index contributed by atoms with van der Waals surface area (Å²) in [6.07, 6.45) is 1.83. The van der Waals surface area contributed by atoms with Crippen LogP contribution in [0.1, 0.15) is 48.2 Å². The molecule has 0 aliphatic carbocycles. The third-order valence-corrected chi connectivity index (χ3v) is 5.14. The van der Waals surface area contributed by atoms with Crippen molar-refractivity contribution in [2.24, 2.45) is 0 Å². The Bertz CT molecular complexity index is 1030. The van der Waals surface area contributed by atoms with Gasteiger partial charge >= 0.3 is 0 Å². The summed E-state index contributed by atoms with van der Waals surface area (Å²) in [6, 6.07) is 7.33. The molecule has 1 unspecified atom stereocenters. The Morgan fingerprint density at radius 2 is 2.00 bits per heavy atom. The Balaban J connectivity index is 2.07. The normalized spacial score (nSPS) is 12.5. The minimum atomic E-state index is -0.256. The number of nitrogens with zero attached hydrogens (tertiary/aromatic N) is 4. The highest BCUT2D eigenvalue weighted by atomic mass is 16.3. The van der Waals surface area contributed by atoms with E-state index >= 15 is 0 Å². The van der Waals surface area contributed by atoms with Gasteiger partial charge in [0.2, 0.25) is 0 Å². The molecular formula is C21H27N5O2. The Morgan fingerprint density at radius 1 is 1.29 bits per heavy atom. The van der Waals surface area contributed by atoms with E-state index in [0.29, 0.717) is 11.4 Å². The maximum Gasteiger partial charge on any atom is 0.254 e. The number of nitrogen functional groups attached to an aromatic ring is 1.